The third-order valence-corrected chi connectivity index (χ3v) is 5.17. The topological polar surface area (TPSA) is 53.5 Å². The van der Waals surface area contributed by atoms with Gasteiger partial charge in [-0.2, -0.15) is 0 Å². The van der Waals surface area contributed by atoms with E-state index in [0.717, 1.165) is 37.4 Å². The fourth-order valence-corrected chi connectivity index (χ4v) is 3.73. The molecule has 0 aromatic rings. The highest BCUT2D eigenvalue weighted by molar-refractivity contribution is 7.85. The Balaban J connectivity index is 2.46. The number of guanidine groups is 1. The number of nitrogens with one attached hydrogen (secondary N) is 2. The molecule has 0 amide bonds. The molecule has 2 N–H and O–H groups in total. The molecule has 0 aliphatic heterocycles. The molecule has 1 aliphatic carbocycles. The van der Waals surface area contributed by atoms with Crippen LogP contribution in [0.2, 0.25) is 0 Å². The maximum Gasteiger partial charge on any atom is 0.191 e. The number of halogens is 1. The summed E-state index contributed by atoms with van der Waals surface area (Å²) in [7, 11) is 1.04. The van der Waals surface area contributed by atoms with Gasteiger partial charge in [-0.25, -0.2) is 0 Å². The number of rotatable bonds is 5. The second-order valence-corrected chi connectivity index (χ2v) is 7.28. The first-order valence-electron chi connectivity index (χ1n) is 6.74. The molecule has 1 fully saturated rings. The van der Waals surface area contributed by atoms with Crippen molar-refractivity contribution in [3.05, 3.63) is 11.6 Å². The van der Waals surface area contributed by atoms with Gasteiger partial charge in [0.15, 0.2) is 5.96 Å². The molecule has 4 nitrogen and oxygen atoms in total. The number of aliphatic imine (C=N–C) groups is 1. The van der Waals surface area contributed by atoms with Gasteiger partial charge >= 0.3 is 0 Å². The van der Waals surface area contributed by atoms with E-state index in [2.05, 4.69) is 22.2 Å². The van der Waals surface area contributed by atoms with Crippen LogP contribution in [0.4, 0.5) is 0 Å². The summed E-state index contributed by atoms with van der Waals surface area (Å²) >= 11 is 5.73. The van der Waals surface area contributed by atoms with Crippen molar-refractivity contribution in [2.75, 3.05) is 19.3 Å². The molecule has 0 spiro atoms. The second kappa shape index (κ2) is 8.59. The highest BCUT2D eigenvalue weighted by Crippen LogP contribution is 2.22. The second-order valence-electron chi connectivity index (χ2n) is 4.74. The summed E-state index contributed by atoms with van der Waals surface area (Å²) < 4.78 is 11.9. The fraction of sp³-hybridized carbons (Fsp3) is 0.769. The monoisotopic (exact) mass is 305 g/mol. The Hall–Kier alpha value is -0.550. The summed E-state index contributed by atoms with van der Waals surface area (Å²) in [5, 5.41) is 7.35. The average molecular weight is 306 g/mol. The standard InChI is InChI=1S/C13H24ClN3OS/c1-4-19(18)12-7-5-6-11(8-12)17-13(15-3)16-9-10(2)14/h11-12H,2,4-9H2,1,3H3,(H2,15,16,17). The quantitative estimate of drug-likeness (QED) is 0.603. The van der Waals surface area contributed by atoms with Crippen LogP contribution >= 0.6 is 11.6 Å². The predicted molar refractivity (Wildman–Crippen MR) is 84.2 cm³/mol. The minimum absolute atomic E-state index is 0.317. The molecule has 110 valence electrons. The molecular weight excluding hydrogens is 282 g/mol. The van der Waals surface area contributed by atoms with Crippen LogP contribution in [0.3, 0.4) is 0 Å². The van der Waals surface area contributed by atoms with E-state index in [1.807, 2.05) is 6.92 Å². The van der Waals surface area contributed by atoms with Crippen LogP contribution in [0.15, 0.2) is 16.6 Å². The van der Waals surface area contributed by atoms with Crippen molar-refractivity contribution in [3.63, 3.8) is 0 Å². The number of hydrogen-bond donors (Lipinski definition) is 2. The van der Waals surface area contributed by atoms with E-state index < -0.39 is 10.8 Å². The van der Waals surface area contributed by atoms with Gasteiger partial charge in [0, 0.05) is 39.9 Å². The van der Waals surface area contributed by atoms with Gasteiger partial charge in [-0.15, -0.1) is 0 Å². The lowest BCUT2D eigenvalue weighted by molar-refractivity contribution is 0.414. The Labute approximate surface area is 123 Å². The van der Waals surface area contributed by atoms with Crippen LogP contribution < -0.4 is 10.6 Å². The van der Waals surface area contributed by atoms with Gasteiger partial charge in [0.05, 0.1) is 6.54 Å². The molecule has 3 unspecified atom stereocenters. The lowest BCUT2D eigenvalue weighted by atomic mass is 9.95. The Morgan fingerprint density at radius 3 is 2.84 bits per heavy atom. The van der Waals surface area contributed by atoms with Gasteiger partial charge in [0.25, 0.3) is 0 Å². The van der Waals surface area contributed by atoms with Crippen molar-refractivity contribution in [2.45, 2.75) is 43.9 Å². The molecule has 6 heteroatoms. The third-order valence-electron chi connectivity index (χ3n) is 3.29. The van der Waals surface area contributed by atoms with E-state index in [1.54, 1.807) is 7.05 Å². The highest BCUT2D eigenvalue weighted by atomic mass is 35.5. The molecule has 1 rings (SSSR count). The molecule has 0 heterocycles. The van der Waals surface area contributed by atoms with E-state index in [4.69, 9.17) is 11.6 Å². The summed E-state index contributed by atoms with van der Waals surface area (Å²) in [6.45, 7) is 6.12. The van der Waals surface area contributed by atoms with Crippen molar-refractivity contribution >= 4 is 28.4 Å². The van der Waals surface area contributed by atoms with E-state index in [9.17, 15) is 4.21 Å². The van der Waals surface area contributed by atoms with Crippen LogP contribution in [0.1, 0.15) is 32.6 Å². The Bertz CT molecular complexity index is 360. The largest absolute Gasteiger partial charge is 0.354 e. The summed E-state index contributed by atoms with van der Waals surface area (Å²) in [4.78, 5) is 4.16. The normalized spacial score (nSPS) is 25.7. The Morgan fingerprint density at radius 2 is 2.26 bits per heavy atom. The predicted octanol–water partition coefficient (Wildman–Crippen LogP) is 1.98. The molecule has 1 aliphatic rings. The zero-order chi connectivity index (χ0) is 14.3. The first kappa shape index (κ1) is 16.5. The van der Waals surface area contributed by atoms with Gasteiger partial charge in [-0.1, -0.05) is 31.5 Å². The summed E-state index contributed by atoms with van der Waals surface area (Å²) in [5.74, 6) is 1.48. The average Bonchev–Trinajstić information content (AvgIpc) is 2.42. The van der Waals surface area contributed by atoms with Crippen molar-refractivity contribution in [1.29, 1.82) is 0 Å². The van der Waals surface area contributed by atoms with Crippen molar-refractivity contribution in [2.24, 2.45) is 4.99 Å². The minimum Gasteiger partial charge on any atom is -0.354 e. The molecule has 0 saturated heterocycles. The SMILES string of the molecule is C=C(Cl)CNC(=NC)NC1CCCC(S(=O)CC)C1. The first-order chi connectivity index (χ1) is 9.06. The van der Waals surface area contributed by atoms with Crippen molar-refractivity contribution in [1.82, 2.24) is 10.6 Å². The zero-order valence-corrected chi connectivity index (χ0v) is 13.3. The summed E-state index contributed by atoms with van der Waals surface area (Å²) in [5.41, 5.74) is 0. The van der Waals surface area contributed by atoms with Gasteiger partial charge in [0.2, 0.25) is 0 Å². The van der Waals surface area contributed by atoms with Crippen LogP contribution in [0, 0.1) is 0 Å². The minimum atomic E-state index is -0.697. The molecule has 0 radical (unpaired) electrons. The van der Waals surface area contributed by atoms with Gasteiger partial charge in [0.1, 0.15) is 0 Å². The first-order valence-corrected chi connectivity index (χ1v) is 8.50. The van der Waals surface area contributed by atoms with Gasteiger partial charge in [-0.05, 0) is 19.3 Å². The Morgan fingerprint density at radius 1 is 1.53 bits per heavy atom. The fourth-order valence-electron chi connectivity index (χ4n) is 2.32. The lowest BCUT2D eigenvalue weighted by Gasteiger charge is -2.30. The van der Waals surface area contributed by atoms with Crippen molar-refractivity contribution in [3.8, 4) is 0 Å². The molecular formula is C13H24ClN3OS. The molecule has 19 heavy (non-hydrogen) atoms. The number of nitrogens with zero attached hydrogens (tertiary/aromatic N) is 1. The molecule has 1 saturated carbocycles. The van der Waals surface area contributed by atoms with E-state index in [1.165, 1.54) is 0 Å². The molecule has 0 aromatic carbocycles. The smallest absolute Gasteiger partial charge is 0.191 e. The number of hydrogen-bond acceptors (Lipinski definition) is 2. The van der Waals surface area contributed by atoms with Crippen molar-refractivity contribution < 1.29 is 4.21 Å². The summed E-state index contributed by atoms with van der Waals surface area (Å²) in [6, 6.07) is 0.337. The maximum absolute atomic E-state index is 11.9. The Kier molecular flexibility index (Phi) is 7.46. The molecule has 0 aromatic heterocycles. The van der Waals surface area contributed by atoms with Crippen LogP contribution in [-0.2, 0) is 10.8 Å². The van der Waals surface area contributed by atoms with E-state index in [-0.39, 0.29) is 0 Å². The maximum atomic E-state index is 11.9. The van der Waals surface area contributed by atoms with Crippen LogP contribution in [-0.4, -0.2) is 40.8 Å². The third kappa shape index (κ3) is 5.95. The highest BCUT2D eigenvalue weighted by Gasteiger charge is 2.25. The van der Waals surface area contributed by atoms with E-state index in [0.29, 0.717) is 22.9 Å². The zero-order valence-electron chi connectivity index (χ0n) is 11.7. The van der Waals surface area contributed by atoms with Crippen LogP contribution in [0.25, 0.3) is 0 Å². The lowest BCUT2D eigenvalue weighted by Crippen LogP contribution is -2.46. The molecule has 0 bridgehead atoms. The van der Waals surface area contributed by atoms with E-state index >= 15 is 0 Å². The molecule has 3 atom stereocenters. The van der Waals surface area contributed by atoms with Gasteiger partial charge < -0.3 is 10.6 Å². The summed E-state index contributed by atoms with van der Waals surface area (Å²) in [6.07, 6.45) is 4.24. The van der Waals surface area contributed by atoms with Gasteiger partial charge in [-0.3, -0.25) is 9.20 Å². The van der Waals surface area contributed by atoms with Crippen LogP contribution in [0.5, 0.6) is 0 Å².